The van der Waals surface area contributed by atoms with Crippen molar-refractivity contribution in [1.29, 1.82) is 0 Å². The summed E-state index contributed by atoms with van der Waals surface area (Å²) in [6.07, 6.45) is 0.827. The molecule has 12 aromatic rings. The standard InChI is InChI=1S/C66H50/c1-40-29-41(2)33-48(32-40)52-20-12-25-60-57-28-27-45(39-62(57)61-26-14-21-53(66(61)64(52)60)49-34-42(3)30-43(4)35-49)37-46-31-44(5)36-50(38-46)54-22-13-24-59-56-18-10-9-17-55(56)58-23-11-19-51(63(58)65(54)59)47-15-7-6-8-16-47/h6-36,38-39H,37H2,1-5H3. The fourth-order valence-electron chi connectivity index (χ4n) is 11.5. The number of aryl methyl sites for hydroxylation is 5. The monoisotopic (exact) mass is 842 g/mol. The van der Waals surface area contributed by atoms with Crippen LogP contribution < -0.4 is 0 Å². The molecule has 0 bridgehead atoms. The number of fused-ring (bicyclic) bond motifs is 12. The van der Waals surface area contributed by atoms with Crippen LogP contribution in [0.15, 0.2) is 200 Å². The molecule has 12 aromatic carbocycles. The van der Waals surface area contributed by atoms with Gasteiger partial charge in [0.2, 0.25) is 0 Å². The predicted molar refractivity (Wildman–Crippen MR) is 286 cm³/mol. The van der Waals surface area contributed by atoms with Gasteiger partial charge in [0, 0.05) is 0 Å². The molecular formula is C66H50. The fraction of sp³-hybridized carbons (Fsp3) is 0.0909. The van der Waals surface area contributed by atoms with E-state index in [1.807, 2.05) is 0 Å². The summed E-state index contributed by atoms with van der Waals surface area (Å²) in [6, 6.07) is 75.8. The maximum absolute atomic E-state index is 2.48. The van der Waals surface area contributed by atoms with Crippen LogP contribution in [-0.4, -0.2) is 0 Å². The Morgan fingerprint density at radius 2 is 0.591 bits per heavy atom. The van der Waals surface area contributed by atoms with Crippen molar-refractivity contribution >= 4 is 64.6 Å². The minimum atomic E-state index is 0.827. The number of hydrogen-bond acceptors (Lipinski definition) is 0. The molecule has 0 aliphatic carbocycles. The molecule has 0 unspecified atom stereocenters. The van der Waals surface area contributed by atoms with E-state index in [-0.39, 0.29) is 0 Å². The molecule has 0 saturated heterocycles. The third kappa shape index (κ3) is 6.67. The van der Waals surface area contributed by atoms with Crippen LogP contribution in [-0.2, 0) is 6.42 Å². The first-order valence-corrected chi connectivity index (χ1v) is 23.4. The molecule has 0 heterocycles. The summed E-state index contributed by atoms with van der Waals surface area (Å²) in [5, 5.41) is 15.6. The second-order valence-electron chi connectivity index (χ2n) is 18.8. The normalized spacial score (nSPS) is 11.8. The van der Waals surface area contributed by atoms with Crippen LogP contribution >= 0.6 is 0 Å². The maximum Gasteiger partial charge on any atom is -0.00141 e. The Balaban J connectivity index is 1.06. The Kier molecular flexibility index (Phi) is 9.47. The van der Waals surface area contributed by atoms with Gasteiger partial charge >= 0.3 is 0 Å². The number of benzene rings is 12. The lowest BCUT2D eigenvalue weighted by atomic mass is 9.84. The van der Waals surface area contributed by atoms with E-state index in [4.69, 9.17) is 0 Å². The molecular weight excluding hydrogens is 793 g/mol. The van der Waals surface area contributed by atoms with Crippen LogP contribution in [0.3, 0.4) is 0 Å². The molecule has 0 aromatic heterocycles. The van der Waals surface area contributed by atoms with Gasteiger partial charge < -0.3 is 0 Å². The first-order valence-electron chi connectivity index (χ1n) is 23.4. The Labute approximate surface area is 387 Å². The Morgan fingerprint density at radius 1 is 0.227 bits per heavy atom. The van der Waals surface area contributed by atoms with E-state index in [0.29, 0.717) is 0 Å². The van der Waals surface area contributed by atoms with E-state index in [2.05, 4.69) is 235 Å². The van der Waals surface area contributed by atoms with Crippen molar-refractivity contribution in [3.63, 3.8) is 0 Å². The lowest BCUT2D eigenvalue weighted by Gasteiger charge is -2.19. The van der Waals surface area contributed by atoms with Gasteiger partial charge in [-0.2, -0.15) is 0 Å². The van der Waals surface area contributed by atoms with Crippen LogP contribution in [0, 0.1) is 34.6 Å². The molecule has 66 heavy (non-hydrogen) atoms. The Morgan fingerprint density at radius 3 is 1.06 bits per heavy atom. The summed E-state index contributed by atoms with van der Waals surface area (Å²) < 4.78 is 0. The van der Waals surface area contributed by atoms with Crippen molar-refractivity contribution < 1.29 is 0 Å². The van der Waals surface area contributed by atoms with E-state index in [1.54, 1.807) is 0 Å². The van der Waals surface area contributed by atoms with E-state index >= 15 is 0 Å². The predicted octanol–water partition coefficient (Wildman–Crippen LogP) is 18.4. The molecule has 0 N–H and O–H groups in total. The second-order valence-corrected chi connectivity index (χ2v) is 18.8. The summed E-state index contributed by atoms with van der Waals surface area (Å²) in [5.74, 6) is 0. The topological polar surface area (TPSA) is 0 Å². The first kappa shape index (κ1) is 39.8. The minimum absolute atomic E-state index is 0.827. The van der Waals surface area contributed by atoms with Gasteiger partial charge in [-0.3, -0.25) is 0 Å². The van der Waals surface area contributed by atoms with Crippen LogP contribution in [0.1, 0.15) is 38.9 Å². The smallest absolute Gasteiger partial charge is 0.00141 e. The van der Waals surface area contributed by atoms with E-state index in [1.165, 1.54) is 148 Å². The molecule has 0 aliphatic rings. The zero-order valence-electron chi connectivity index (χ0n) is 38.3. The van der Waals surface area contributed by atoms with Crippen LogP contribution in [0.4, 0.5) is 0 Å². The highest BCUT2D eigenvalue weighted by atomic mass is 14.2. The highest BCUT2D eigenvalue weighted by molar-refractivity contribution is 6.32. The van der Waals surface area contributed by atoms with Gasteiger partial charge in [-0.05, 0) is 161 Å². The lowest BCUT2D eigenvalue weighted by molar-refractivity contribution is 1.19. The largest absolute Gasteiger partial charge is 0.0622 e. The van der Waals surface area contributed by atoms with Gasteiger partial charge in [-0.25, -0.2) is 0 Å². The lowest BCUT2D eigenvalue weighted by Crippen LogP contribution is -1.95. The average Bonchev–Trinajstić information content (AvgIpc) is 3.32. The summed E-state index contributed by atoms with van der Waals surface area (Å²) >= 11 is 0. The number of rotatable bonds is 6. The zero-order valence-corrected chi connectivity index (χ0v) is 38.3. The molecule has 12 rings (SSSR count). The molecule has 0 nitrogen and oxygen atoms in total. The van der Waals surface area contributed by atoms with E-state index in [9.17, 15) is 0 Å². The molecule has 0 spiro atoms. The summed E-state index contributed by atoms with van der Waals surface area (Å²) in [7, 11) is 0. The van der Waals surface area contributed by atoms with Crippen molar-refractivity contribution in [2.45, 2.75) is 41.0 Å². The van der Waals surface area contributed by atoms with Gasteiger partial charge in [-0.15, -0.1) is 0 Å². The van der Waals surface area contributed by atoms with E-state index in [0.717, 1.165) is 6.42 Å². The summed E-state index contributed by atoms with van der Waals surface area (Å²) in [5.41, 5.74) is 19.1. The van der Waals surface area contributed by atoms with Crippen LogP contribution in [0.25, 0.3) is 109 Å². The molecule has 0 fully saturated rings. The Hall–Kier alpha value is -7.80. The molecule has 0 atom stereocenters. The average molecular weight is 843 g/mol. The minimum Gasteiger partial charge on any atom is -0.0622 e. The fourth-order valence-corrected chi connectivity index (χ4v) is 11.5. The van der Waals surface area contributed by atoms with Gasteiger partial charge in [-0.1, -0.05) is 228 Å². The quantitative estimate of drug-likeness (QED) is 0.146. The Bertz CT molecular complexity index is 3900. The van der Waals surface area contributed by atoms with Crippen LogP contribution in [0.2, 0.25) is 0 Å². The van der Waals surface area contributed by atoms with Crippen molar-refractivity contribution in [2.24, 2.45) is 0 Å². The third-order valence-corrected chi connectivity index (χ3v) is 13.9. The molecule has 0 saturated carbocycles. The van der Waals surface area contributed by atoms with Gasteiger partial charge in [0.05, 0.1) is 0 Å². The molecule has 0 heteroatoms. The van der Waals surface area contributed by atoms with Crippen molar-refractivity contribution in [1.82, 2.24) is 0 Å². The van der Waals surface area contributed by atoms with Gasteiger partial charge in [0.15, 0.2) is 0 Å². The van der Waals surface area contributed by atoms with Gasteiger partial charge in [0.25, 0.3) is 0 Å². The van der Waals surface area contributed by atoms with Crippen molar-refractivity contribution in [2.75, 3.05) is 0 Å². The van der Waals surface area contributed by atoms with Gasteiger partial charge in [0.1, 0.15) is 0 Å². The molecule has 0 radical (unpaired) electrons. The second kappa shape index (κ2) is 15.7. The summed E-state index contributed by atoms with van der Waals surface area (Å²) in [6.45, 7) is 11.1. The summed E-state index contributed by atoms with van der Waals surface area (Å²) in [4.78, 5) is 0. The SMILES string of the molecule is Cc1cc(C)cc(-c2cccc3c4ccc(Cc5cc(C)cc(-c6cccc7c8ccccc8c8cccc(-c9ccccc9)c8c67)c5)cc4c4cccc(-c5cc(C)cc(C)c5)c4c23)c1. The first-order chi connectivity index (χ1) is 32.3. The highest BCUT2D eigenvalue weighted by Crippen LogP contribution is 2.47. The zero-order chi connectivity index (χ0) is 44.6. The molecule has 0 amide bonds. The highest BCUT2D eigenvalue weighted by Gasteiger charge is 2.20. The van der Waals surface area contributed by atoms with Crippen molar-refractivity contribution in [3.05, 3.63) is 239 Å². The third-order valence-electron chi connectivity index (χ3n) is 13.9. The van der Waals surface area contributed by atoms with E-state index < -0.39 is 0 Å². The number of hydrogen-bond donors (Lipinski definition) is 0. The van der Waals surface area contributed by atoms with Crippen LogP contribution in [0.5, 0.6) is 0 Å². The molecule has 314 valence electrons. The molecule has 0 aliphatic heterocycles. The maximum atomic E-state index is 2.48. The van der Waals surface area contributed by atoms with Crippen molar-refractivity contribution in [3.8, 4) is 44.5 Å².